The summed E-state index contributed by atoms with van der Waals surface area (Å²) in [4.78, 5) is 12.4. The topological polar surface area (TPSA) is 77.4 Å². The second-order valence-corrected chi connectivity index (χ2v) is 10.1. The second kappa shape index (κ2) is 9.06. The molecule has 6 nitrogen and oxygen atoms in total. The highest BCUT2D eigenvalue weighted by atomic mass is 32.2. The molecule has 0 radical (unpaired) electrons. The summed E-state index contributed by atoms with van der Waals surface area (Å²) >= 11 is 0. The van der Waals surface area contributed by atoms with Crippen molar-refractivity contribution in [3.05, 3.63) is 87.8 Å². The van der Waals surface area contributed by atoms with E-state index in [1.54, 1.807) is 66.9 Å². The van der Waals surface area contributed by atoms with Crippen molar-refractivity contribution in [3.8, 4) is 11.4 Å². The SMILES string of the molecule is COc1c(C=Cc2ccc(NS(C)(=O)=O)cc2)cc(-n2ccccc2=O)cc1C1(C(F)F)CC1. The number of hydrogen-bond donors (Lipinski definition) is 1. The first kappa shape index (κ1) is 23.7. The molecule has 0 atom stereocenters. The molecule has 178 valence electrons. The highest BCUT2D eigenvalue weighted by Crippen LogP contribution is 2.56. The van der Waals surface area contributed by atoms with E-state index in [9.17, 15) is 22.0 Å². The lowest BCUT2D eigenvalue weighted by Crippen LogP contribution is -2.21. The number of nitrogens with zero attached hydrogens (tertiary/aromatic N) is 1. The van der Waals surface area contributed by atoms with Crippen LogP contribution in [0.3, 0.4) is 0 Å². The number of hydrogen-bond acceptors (Lipinski definition) is 4. The van der Waals surface area contributed by atoms with Crippen molar-refractivity contribution in [1.29, 1.82) is 0 Å². The van der Waals surface area contributed by atoms with Crippen LogP contribution in [0.5, 0.6) is 5.75 Å². The second-order valence-electron chi connectivity index (χ2n) is 8.31. The number of nitrogens with one attached hydrogen (secondary N) is 1. The van der Waals surface area contributed by atoms with E-state index in [0.29, 0.717) is 41.1 Å². The standard InChI is InChI=1S/C25H24F2N2O4S/c1-33-23-18(9-6-17-7-10-19(11-8-17)28-34(2,31)32)15-20(29-14-4-3-5-22(29)30)16-21(23)25(12-13-25)24(26)27/h3-11,14-16,24,28H,12-13H2,1-2H3. The molecule has 34 heavy (non-hydrogen) atoms. The molecule has 0 spiro atoms. The fourth-order valence-corrected chi connectivity index (χ4v) is 4.50. The third-order valence-electron chi connectivity index (χ3n) is 5.82. The molecular weight excluding hydrogens is 462 g/mol. The summed E-state index contributed by atoms with van der Waals surface area (Å²) in [5, 5.41) is 0. The lowest BCUT2D eigenvalue weighted by Gasteiger charge is -2.21. The van der Waals surface area contributed by atoms with Crippen LogP contribution in [0.15, 0.2) is 65.6 Å². The van der Waals surface area contributed by atoms with Gasteiger partial charge in [-0.15, -0.1) is 0 Å². The number of aromatic nitrogens is 1. The summed E-state index contributed by atoms with van der Waals surface area (Å²) in [5.41, 5.74) is 1.03. The van der Waals surface area contributed by atoms with Crippen LogP contribution in [0.1, 0.15) is 29.5 Å². The Balaban J connectivity index is 1.79. The average Bonchev–Trinajstić information content (AvgIpc) is 3.59. The number of anilines is 1. The van der Waals surface area contributed by atoms with Crippen LogP contribution >= 0.6 is 0 Å². The fourth-order valence-electron chi connectivity index (χ4n) is 3.94. The molecule has 1 aromatic heterocycles. The number of methoxy groups -OCH3 is 1. The third-order valence-corrected chi connectivity index (χ3v) is 6.43. The first-order valence-corrected chi connectivity index (χ1v) is 12.5. The molecule has 1 heterocycles. The van der Waals surface area contributed by atoms with Crippen LogP contribution in [0.25, 0.3) is 17.8 Å². The van der Waals surface area contributed by atoms with E-state index in [1.807, 2.05) is 0 Å². The molecule has 4 rings (SSSR count). The zero-order chi connectivity index (χ0) is 24.5. The minimum Gasteiger partial charge on any atom is -0.496 e. The molecule has 0 bridgehead atoms. The summed E-state index contributed by atoms with van der Waals surface area (Å²) in [6.45, 7) is 0. The smallest absolute Gasteiger partial charge is 0.255 e. The Morgan fingerprint density at radius 1 is 1.09 bits per heavy atom. The molecule has 2 aromatic carbocycles. The van der Waals surface area contributed by atoms with Crippen molar-refractivity contribution in [1.82, 2.24) is 4.57 Å². The number of rotatable bonds is 8. The van der Waals surface area contributed by atoms with Gasteiger partial charge >= 0.3 is 0 Å². The Morgan fingerprint density at radius 3 is 2.35 bits per heavy atom. The Bertz CT molecular complexity index is 1390. The monoisotopic (exact) mass is 486 g/mol. The molecule has 1 aliphatic carbocycles. The Morgan fingerprint density at radius 2 is 1.79 bits per heavy atom. The summed E-state index contributed by atoms with van der Waals surface area (Å²) < 4.78 is 60.2. The summed E-state index contributed by atoms with van der Waals surface area (Å²) in [6, 6.07) is 14.8. The normalized spacial score (nSPS) is 15.0. The number of sulfonamides is 1. The van der Waals surface area contributed by atoms with E-state index in [2.05, 4.69) is 4.72 Å². The predicted octanol–water partition coefficient (Wildman–Crippen LogP) is 4.68. The molecule has 3 aromatic rings. The van der Waals surface area contributed by atoms with Crippen LogP contribution in [0, 0.1) is 0 Å². The third kappa shape index (κ3) is 4.89. The van der Waals surface area contributed by atoms with Crippen LogP contribution < -0.4 is 15.0 Å². The van der Waals surface area contributed by atoms with Gasteiger partial charge in [0.1, 0.15) is 5.75 Å². The van der Waals surface area contributed by atoms with Crippen LogP contribution in [-0.2, 0) is 15.4 Å². The maximum Gasteiger partial charge on any atom is 0.255 e. The van der Waals surface area contributed by atoms with Crippen molar-refractivity contribution in [2.24, 2.45) is 0 Å². The maximum atomic E-state index is 14.0. The fraction of sp³-hybridized carbons (Fsp3) is 0.240. The molecule has 1 saturated carbocycles. The number of alkyl halides is 2. The first-order chi connectivity index (χ1) is 16.1. The van der Waals surface area contributed by atoms with Crippen molar-refractivity contribution in [3.63, 3.8) is 0 Å². The van der Waals surface area contributed by atoms with Crippen molar-refractivity contribution >= 4 is 27.9 Å². The van der Waals surface area contributed by atoms with Gasteiger partial charge in [-0.3, -0.25) is 14.1 Å². The lowest BCUT2D eigenvalue weighted by atomic mass is 9.92. The first-order valence-electron chi connectivity index (χ1n) is 10.6. The Kier molecular flexibility index (Phi) is 6.31. The van der Waals surface area contributed by atoms with E-state index in [1.165, 1.54) is 17.7 Å². The van der Waals surface area contributed by atoms with Crippen LogP contribution in [0.4, 0.5) is 14.5 Å². The molecular formula is C25H24F2N2O4S. The Labute approximate surface area is 196 Å². The minimum atomic E-state index is -3.38. The van der Waals surface area contributed by atoms with E-state index in [4.69, 9.17) is 4.74 Å². The van der Waals surface area contributed by atoms with Gasteiger partial charge in [0, 0.05) is 34.8 Å². The highest BCUT2D eigenvalue weighted by molar-refractivity contribution is 7.92. The van der Waals surface area contributed by atoms with Crippen molar-refractivity contribution in [2.75, 3.05) is 18.1 Å². The van der Waals surface area contributed by atoms with Gasteiger partial charge in [0.25, 0.3) is 5.56 Å². The van der Waals surface area contributed by atoms with Gasteiger partial charge in [0.2, 0.25) is 16.4 Å². The van der Waals surface area contributed by atoms with Gasteiger partial charge in [-0.25, -0.2) is 17.2 Å². The van der Waals surface area contributed by atoms with Gasteiger partial charge in [0.05, 0.1) is 18.8 Å². The number of benzene rings is 2. The average molecular weight is 487 g/mol. The van der Waals surface area contributed by atoms with E-state index < -0.39 is 21.9 Å². The lowest BCUT2D eigenvalue weighted by molar-refractivity contribution is 0.100. The van der Waals surface area contributed by atoms with Gasteiger partial charge < -0.3 is 4.74 Å². The number of pyridine rings is 1. The molecule has 0 saturated heterocycles. The van der Waals surface area contributed by atoms with Crippen molar-refractivity contribution < 1.29 is 21.9 Å². The van der Waals surface area contributed by atoms with Gasteiger partial charge in [-0.1, -0.05) is 30.4 Å². The van der Waals surface area contributed by atoms with E-state index in [0.717, 1.165) is 11.8 Å². The van der Waals surface area contributed by atoms with Gasteiger partial charge in [-0.05, 0) is 48.7 Å². The molecule has 1 fully saturated rings. The van der Waals surface area contributed by atoms with Gasteiger partial charge in [-0.2, -0.15) is 0 Å². The highest BCUT2D eigenvalue weighted by Gasteiger charge is 2.54. The predicted molar refractivity (Wildman–Crippen MR) is 129 cm³/mol. The zero-order valence-electron chi connectivity index (χ0n) is 18.7. The number of halogens is 2. The molecule has 0 amide bonds. The molecule has 9 heteroatoms. The largest absolute Gasteiger partial charge is 0.496 e. The van der Waals surface area contributed by atoms with Crippen LogP contribution in [0.2, 0.25) is 0 Å². The van der Waals surface area contributed by atoms with Crippen molar-refractivity contribution in [2.45, 2.75) is 24.7 Å². The zero-order valence-corrected chi connectivity index (χ0v) is 19.5. The quantitative estimate of drug-likeness (QED) is 0.469. The van der Waals surface area contributed by atoms with E-state index >= 15 is 0 Å². The molecule has 1 aliphatic rings. The summed E-state index contributed by atoms with van der Waals surface area (Å²) in [7, 11) is -1.94. The summed E-state index contributed by atoms with van der Waals surface area (Å²) in [6.07, 6.45) is 4.29. The summed E-state index contributed by atoms with van der Waals surface area (Å²) in [5.74, 6) is 0.345. The van der Waals surface area contributed by atoms with Gasteiger partial charge in [0.15, 0.2) is 0 Å². The molecule has 0 aliphatic heterocycles. The minimum absolute atomic E-state index is 0.274. The maximum absolute atomic E-state index is 14.0. The molecule has 1 N–H and O–H groups in total. The number of ether oxygens (including phenoxy) is 1. The van der Waals surface area contributed by atoms with E-state index in [-0.39, 0.29) is 5.56 Å². The van der Waals surface area contributed by atoms with Crippen LogP contribution in [-0.4, -0.2) is 32.8 Å². The Hall–Kier alpha value is -3.46. The molecule has 0 unspecified atom stereocenters.